The van der Waals surface area contributed by atoms with Gasteiger partial charge in [0.05, 0.1) is 6.54 Å². The molecule has 1 atom stereocenters. The molecule has 1 aromatic heterocycles. The van der Waals surface area contributed by atoms with Crippen LogP contribution in [0.3, 0.4) is 0 Å². The molecule has 5 nitrogen and oxygen atoms in total. The molecule has 0 spiro atoms. The molecule has 1 fully saturated rings. The highest BCUT2D eigenvalue weighted by atomic mass is 15.4. The van der Waals surface area contributed by atoms with Gasteiger partial charge in [-0.1, -0.05) is 6.92 Å². The highest BCUT2D eigenvalue weighted by molar-refractivity contribution is 4.89. The first kappa shape index (κ1) is 13.5. The Labute approximate surface area is 110 Å². The number of piperidine rings is 1. The third kappa shape index (κ3) is 3.09. The van der Waals surface area contributed by atoms with Crippen molar-refractivity contribution in [2.75, 3.05) is 19.6 Å². The Bertz CT molecular complexity index is 354. The monoisotopic (exact) mass is 251 g/mol. The molecule has 1 aromatic rings. The lowest BCUT2D eigenvalue weighted by atomic mass is 10.1. The van der Waals surface area contributed by atoms with Gasteiger partial charge in [-0.15, -0.1) is 0 Å². The normalized spacial score (nSPS) is 20.8. The number of nitrogens with one attached hydrogen (secondary N) is 1. The van der Waals surface area contributed by atoms with Crippen molar-refractivity contribution in [3.63, 3.8) is 0 Å². The molecule has 1 unspecified atom stereocenters. The van der Waals surface area contributed by atoms with Crippen LogP contribution in [-0.2, 0) is 6.54 Å². The van der Waals surface area contributed by atoms with E-state index < -0.39 is 0 Å². The van der Waals surface area contributed by atoms with Crippen LogP contribution in [0, 0.1) is 0 Å². The van der Waals surface area contributed by atoms with Crippen LogP contribution in [0.15, 0.2) is 6.33 Å². The predicted octanol–water partition coefficient (Wildman–Crippen LogP) is 1.43. The van der Waals surface area contributed by atoms with Crippen molar-refractivity contribution in [2.24, 2.45) is 0 Å². The molecule has 5 heteroatoms. The first-order valence-corrected chi connectivity index (χ1v) is 7.05. The summed E-state index contributed by atoms with van der Waals surface area (Å²) in [5, 5.41) is 7.79. The summed E-state index contributed by atoms with van der Waals surface area (Å²) in [6, 6.07) is 1.02. The highest BCUT2D eigenvalue weighted by Crippen LogP contribution is 2.14. The first-order chi connectivity index (χ1) is 8.72. The summed E-state index contributed by atoms with van der Waals surface area (Å²) in [5.74, 6) is 1.08. The average molecular weight is 251 g/mol. The molecule has 0 bridgehead atoms. The van der Waals surface area contributed by atoms with Crippen LogP contribution in [0.2, 0.25) is 0 Å². The Morgan fingerprint density at radius 2 is 2.39 bits per heavy atom. The van der Waals surface area contributed by atoms with Gasteiger partial charge in [0.2, 0.25) is 0 Å². The van der Waals surface area contributed by atoms with Gasteiger partial charge in [-0.25, -0.2) is 9.67 Å². The molecule has 2 heterocycles. The molecule has 18 heavy (non-hydrogen) atoms. The van der Waals surface area contributed by atoms with Gasteiger partial charge in [-0.05, 0) is 39.8 Å². The molecule has 0 amide bonds. The Morgan fingerprint density at radius 3 is 3.00 bits per heavy atom. The number of nitrogens with zero attached hydrogens (tertiary/aromatic N) is 4. The minimum atomic E-state index is 0.380. The van der Waals surface area contributed by atoms with Gasteiger partial charge in [0.25, 0.3) is 0 Å². The quantitative estimate of drug-likeness (QED) is 0.860. The highest BCUT2D eigenvalue weighted by Gasteiger charge is 2.21. The lowest BCUT2D eigenvalue weighted by Gasteiger charge is -2.33. The maximum atomic E-state index is 4.41. The summed E-state index contributed by atoms with van der Waals surface area (Å²) in [5.41, 5.74) is 0. The Kier molecular flexibility index (Phi) is 4.72. The smallest absolute Gasteiger partial charge is 0.141 e. The van der Waals surface area contributed by atoms with Crippen LogP contribution in [0.4, 0.5) is 0 Å². The fourth-order valence-corrected chi connectivity index (χ4v) is 2.64. The first-order valence-electron chi connectivity index (χ1n) is 7.05. The number of likely N-dealkylation sites (N-methyl/N-ethyl adjacent to an activating group) is 1. The van der Waals surface area contributed by atoms with Crippen molar-refractivity contribution in [3.8, 4) is 0 Å². The Balaban J connectivity index is 2.02. The zero-order valence-electron chi connectivity index (χ0n) is 11.8. The molecule has 0 aliphatic carbocycles. The maximum Gasteiger partial charge on any atom is 0.141 e. The van der Waals surface area contributed by atoms with Crippen molar-refractivity contribution in [3.05, 3.63) is 12.2 Å². The maximum absolute atomic E-state index is 4.41. The second-order valence-corrected chi connectivity index (χ2v) is 5.28. The van der Waals surface area contributed by atoms with E-state index in [9.17, 15) is 0 Å². The Hall–Kier alpha value is -0.940. The van der Waals surface area contributed by atoms with Gasteiger partial charge in [-0.3, -0.25) is 4.90 Å². The van der Waals surface area contributed by atoms with Gasteiger partial charge in [-0.2, -0.15) is 5.10 Å². The van der Waals surface area contributed by atoms with E-state index in [0.29, 0.717) is 12.1 Å². The third-order valence-corrected chi connectivity index (χ3v) is 3.67. The van der Waals surface area contributed by atoms with E-state index in [1.807, 2.05) is 4.68 Å². The summed E-state index contributed by atoms with van der Waals surface area (Å²) < 4.78 is 2.03. The van der Waals surface area contributed by atoms with Crippen molar-refractivity contribution < 1.29 is 0 Å². The Morgan fingerprint density at radius 1 is 1.56 bits per heavy atom. The molecule has 0 aromatic carbocycles. The molecule has 2 rings (SSSR count). The molecule has 1 saturated heterocycles. The van der Waals surface area contributed by atoms with Crippen LogP contribution in [0.5, 0.6) is 0 Å². The van der Waals surface area contributed by atoms with E-state index in [4.69, 9.17) is 0 Å². The zero-order valence-corrected chi connectivity index (χ0v) is 11.8. The predicted molar refractivity (Wildman–Crippen MR) is 72.4 cm³/mol. The minimum absolute atomic E-state index is 0.380. The van der Waals surface area contributed by atoms with Crippen molar-refractivity contribution in [1.29, 1.82) is 0 Å². The summed E-state index contributed by atoms with van der Waals surface area (Å²) >= 11 is 0. The number of rotatable bonds is 5. The van der Waals surface area contributed by atoms with Crippen molar-refractivity contribution in [2.45, 2.75) is 52.2 Å². The lowest BCUT2D eigenvalue weighted by molar-refractivity contribution is 0.159. The fourth-order valence-electron chi connectivity index (χ4n) is 2.64. The molecule has 1 N–H and O–H groups in total. The standard InChI is InChI=1S/C13H25N5/c1-4-17(12-6-5-7-14-8-12)9-13-15-10-16-18(13)11(2)3/h10-12,14H,4-9H2,1-3H3. The topological polar surface area (TPSA) is 46.0 Å². The molecular formula is C13H25N5. The summed E-state index contributed by atoms with van der Waals surface area (Å²) in [4.78, 5) is 6.92. The lowest BCUT2D eigenvalue weighted by Crippen LogP contribution is -2.45. The second-order valence-electron chi connectivity index (χ2n) is 5.28. The average Bonchev–Trinajstić information content (AvgIpc) is 2.85. The van der Waals surface area contributed by atoms with Gasteiger partial charge >= 0.3 is 0 Å². The van der Waals surface area contributed by atoms with Crippen LogP contribution >= 0.6 is 0 Å². The van der Waals surface area contributed by atoms with Crippen LogP contribution in [0.25, 0.3) is 0 Å². The number of aromatic nitrogens is 3. The number of hydrogen-bond donors (Lipinski definition) is 1. The van der Waals surface area contributed by atoms with Crippen LogP contribution in [0.1, 0.15) is 45.5 Å². The molecule has 102 valence electrons. The van der Waals surface area contributed by atoms with Crippen molar-refractivity contribution in [1.82, 2.24) is 25.0 Å². The van der Waals surface area contributed by atoms with E-state index in [-0.39, 0.29) is 0 Å². The summed E-state index contributed by atoms with van der Waals surface area (Å²) in [7, 11) is 0. The molecule has 0 saturated carbocycles. The summed E-state index contributed by atoms with van der Waals surface area (Å²) in [6.45, 7) is 10.8. The number of hydrogen-bond acceptors (Lipinski definition) is 4. The van der Waals surface area contributed by atoms with E-state index in [1.165, 1.54) is 12.8 Å². The summed E-state index contributed by atoms with van der Waals surface area (Å²) in [6.07, 6.45) is 4.23. The second kappa shape index (κ2) is 6.29. The van der Waals surface area contributed by atoms with E-state index >= 15 is 0 Å². The van der Waals surface area contributed by atoms with E-state index in [2.05, 4.69) is 41.1 Å². The van der Waals surface area contributed by atoms with E-state index in [0.717, 1.165) is 32.0 Å². The third-order valence-electron chi connectivity index (χ3n) is 3.67. The van der Waals surface area contributed by atoms with Crippen LogP contribution < -0.4 is 5.32 Å². The van der Waals surface area contributed by atoms with Gasteiger partial charge in [0, 0.05) is 18.6 Å². The van der Waals surface area contributed by atoms with Crippen molar-refractivity contribution >= 4 is 0 Å². The van der Waals surface area contributed by atoms with Gasteiger partial charge in [0.1, 0.15) is 12.2 Å². The van der Waals surface area contributed by atoms with Gasteiger partial charge < -0.3 is 5.32 Å². The largest absolute Gasteiger partial charge is 0.315 e. The van der Waals surface area contributed by atoms with E-state index in [1.54, 1.807) is 6.33 Å². The minimum Gasteiger partial charge on any atom is -0.315 e. The molecule has 1 aliphatic rings. The SMILES string of the molecule is CCN(Cc1ncnn1C(C)C)C1CCCNC1. The molecular weight excluding hydrogens is 226 g/mol. The van der Waals surface area contributed by atoms with Crippen LogP contribution in [-0.4, -0.2) is 45.3 Å². The fraction of sp³-hybridized carbons (Fsp3) is 0.846. The molecule has 1 aliphatic heterocycles. The zero-order chi connectivity index (χ0) is 13.0. The van der Waals surface area contributed by atoms with Gasteiger partial charge in [0.15, 0.2) is 0 Å². The molecule has 0 radical (unpaired) electrons.